The van der Waals surface area contributed by atoms with Gasteiger partial charge in [-0.1, -0.05) is 6.07 Å². The highest BCUT2D eigenvalue weighted by molar-refractivity contribution is 14.1. The van der Waals surface area contributed by atoms with Gasteiger partial charge in [0.1, 0.15) is 0 Å². The van der Waals surface area contributed by atoms with Crippen LogP contribution in [-0.2, 0) is 10.0 Å². The summed E-state index contributed by atoms with van der Waals surface area (Å²) in [4.78, 5) is 0.346. The number of halogens is 2. The van der Waals surface area contributed by atoms with Crippen molar-refractivity contribution in [2.45, 2.75) is 17.7 Å². The summed E-state index contributed by atoms with van der Waals surface area (Å²) in [7, 11) is -3.36. The Morgan fingerprint density at radius 1 is 1.42 bits per heavy atom. The molecular formula is C12H18ClIN2O2S. The standard InChI is InChI=1S/C12H17IN2O2S.ClH/c13-11-4-1-5-12(7-11)18(16,17)15-9-10-3-2-6-14-8-10;/h1,4-5,7,10,14-15H,2-3,6,8-9H2;1H. The van der Waals surface area contributed by atoms with E-state index in [0.717, 1.165) is 29.5 Å². The molecule has 1 aliphatic heterocycles. The molecule has 0 amide bonds. The van der Waals surface area contributed by atoms with Gasteiger partial charge in [0.05, 0.1) is 4.90 Å². The average Bonchev–Trinajstić information content (AvgIpc) is 2.38. The lowest BCUT2D eigenvalue weighted by Crippen LogP contribution is -2.38. The Balaban J connectivity index is 0.00000180. The lowest BCUT2D eigenvalue weighted by atomic mass is 10.0. The summed E-state index contributed by atoms with van der Waals surface area (Å²) >= 11 is 2.11. The van der Waals surface area contributed by atoms with E-state index in [2.05, 4.69) is 32.6 Å². The van der Waals surface area contributed by atoms with Crippen LogP contribution in [0.3, 0.4) is 0 Å². The average molecular weight is 417 g/mol. The van der Waals surface area contributed by atoms with Crippen LogP contribution in [-0.4, -0.2) is 28.1 Å². The third-order valence-electron chi connectivity index (χ3n) is 3.07. The van der Waals surface area contributed by atoms with Crippen molar-refractivity contribution in [2.24, 2.45) is 5.92 Å². The molecule has 0 radical (unpaired) electrons. The van der Waals surface area contributed by atoms with Crippen LogP contribution in [0.1, 0.15) is 12.8 Å². The number of hydrogen-bond acceptors (Lipinski definition) is 3. The molecule has 0 aliphatic carbocycles. The molecule has 1 fully saturated rings. The predicted octanol–water partition coefficient (Wildman–Crippen LogP) is 1.99. The molecule has 2 rings (SSSR count). The van der Waals surface area contributed by atoms with Gasteiger partial charge >= 0.3 is 0 Å². The maximum Gasteiger partial charge on any atom is 0.240 e. The van der Waals surface area contributed by atoms with Crippen LogP contribution in [0.2, 0.25) is 0 Å². The second-order valence-corrected chi connectivity index (χ2v) is 7.53. The number of nitrogens with one attached hydrogen (secondary N) is 2. The molecule has 2 N–H and O–H groups in total. The summed E-state index contributed by atoms with van der Waals surface area (Å²) in [5.41, 5.74) is 0. The maximum atomic E-state index is 12.1. The van der Waals surface area contributed by atoms with E-state index in [4.69, 9.17) is 0 Å². The lowest BCUT2D eigenvalue weighted by molar-refractivity contribution is 0.376. The fraction of sp³-hybridized carbons (Fsp3) is 0.500. The number of sulfonamides is 1. The van der Waals surface area contributed by atoms with Gasteiger partial charge in [0.25, 0.3) is 0 Å². The Labute approximate surface area is 134 Å². The first-order valence-electron chi connectivity index (χ1n) is 6.04. The molecule has 0 saturated carbocycles. The van der Waals surface area contributed by atoms with Crippen molar-refractivity contribution in [2.75, 3.05) is 19.6 Å². The van der Waals surface area contributed by atoms with E-state index < -0.39 is 10.0 Å². The highest BCUT2D eigenvalue weighted by Crippen LogP contribution is 2.14. The molecule has 0 spiro atoms. The summed E-state index contributed by atoms with van der Waals surface area (Å²) in [6.45, 7) is 2.45. The molecule has 19 heavy (non-hydrogen) atoms. The minimum Gasteiger partial charge on any atom is -0.316 e. The second kappa shape index (κ2) is 7.78. The fourth-order valence-corrected chi connectivity index (χ4v) is 3.96. The van der Waals surface area contributed by atoms with Crippen molar-refractivity contribution in [1.29, 1.82) is 0 Å². The predicted molar refractivity (Wildman–Crippen MR) is 87.2 cm³/mol. The largest absolute Gasteiger partial charge is 0.316 e. The van der Waals surface area contributed by atoms with Crippen LogP contribution in [0.5, 0.6) is 0 Å². The van der Waals surface area contributed by atoms with Crippen LogP contribution >= 0.6 is 35.0 Å². The molecule has 4 nitrogen and oxygen atoms in total. The normalized spacial score (nSPS) is 19.7. The molecule has 1 heterocycles. The van der Waals surface area contributed by atoms with Gasteiger partial charge in [-0.2, -0.15) is 0 Å². The van der Waals surface area contributed by atoms with Gasteiger partial charge in [-0.25, -0.2) is 13.1 Å². The highest BCUT2D eigenvalue weighted by Gasteiger charge is 2.18. The molecule has 1 aromatic rings. The van der Waals surface area contributed by atoms with E-state index in [1.165, 1.54) is 0 Å². The molecule has 1 aromatic carbocycles. The van der Waals surface area contributed by atoms with Gasteiger partial charge in [0.2, 0.25) is 10.0 Å². The molecule has 1 aliphatic rings. The summed E-state index contributed by atoms with van der Waals surface area (Å²) in [5, 5.41) is 3.28. The van der Waals surface area contributed by atoms with Crippen molar-refractivity contribution in [3.63, 3.8) is 0 Å². The number of piperidine rings is 1. The Hall–Kier alpha value is 0.110. The van der Waals surface area contributed by atoms with Crippen molar-refractivity contribution in [1.82, 2.24) is 10.0 Å². The molecule has 108 valence electrons. The van der Waals surface area contributed by atoms with E-state index in [0.29, 0.717) is 17.4 Å². The first-order chi connectivity index (χ1) is 8.58. The Kier molecular flexibility index (Phi) is 7.02. The van der Waals surface area contributed by atoms with Crippen LogP contribution < -0.4 is 10.0 Å². The van der Waals surface area contributed by atoms with Crippen LogP contribution in [0.4, 0.5) is 0 Å². The van der Waals surface area contributed by atoms with E-state index in [-0.39, 0.29) is 12.4 Å². The summed E-state index contributed by atoms with van der Waals surface area (Å²) in [5.74, 6) is 0.399. The molecule has 1 atom stereocenters. The SMILES string of the molecule is Cl.O=S(=O)(NCC1CCCNC1)c1cccc(I)c1. The zero-order valence-corrected chi connectivity index (χ0v) is 14.2. The first kappa shape index (κ1) is 17.2. The van der Waals surface area contributed by atoms with Crippen molar-refractivity contribution < 1.29 is 8.42 Å². The Morgan fingerprint density at radius 3 is 2.84 bits per heavy atom. The van der Waals surface area contributed by atoms with Crippen LogP contribution in [0.15, 0.2) is 29.2 Å². The minimum absolute atomic E-state index is 0. The van der Waals surface area contributed by atoms with Crippen molar-refractivity contribution in [3.05, 3.63) is 27.8 Å². The summed E-state index contributed by atoms with van der Waals surface area (Å²) in [6, 6.07) is 6.95. The molecule has 0 aromatic heterocycles. The first-order valence-corrected chi connectivity index (χ1v) is 8.60. The molecule has 0 bridgehead atoms. The van der Waals surface area contributed by atoms with Crippen LogP contribution in [0, 0.1) is 9.49 Å². The fourth-order valence-electron chi connectivity index (χ4n) is 2.04. The molecular weight excluding hydrogens is 399 g/mol. The second-order valence-electron chi connectivity index (χ2n) is 4.52. The molecule has 7 heteroatoms. The maximum absolute atomic E-state index is 12.1. The molecule has 1 saturated heterocycles. The summed E-state index contributed by atoms with van der Waals surface area (Å²) in [6.07, 6.45) is 2.21. The highest BCUT2D eigenvalue weighted by atomic mass is 127. The minimum atomic E-state index is -3.36. The smallest absolute Gasteiger partial charge is 0.240 e. The van der Waals surface area contributed by atoms with Gasteiger partial charge in [0, 0.05) is 10.1 Å². The van der Waals surface area contributed by atoms with Gasteiger partial charge in [-0.15, -0.1) is 12.4 Å². The monoisotopic (exact) mass is 416 g/mol. The van der Waals surface area contributed by atoms with E-state index >= 15 is 0 Å². The Bertz CT molecular complexity index is 504. The number of hydrogen-bond donors (Lipinski definition) is 2. The van der Waals surface area contributed by atoms with Crippen molar-refractivity contribution >= 4 is 45.0 Å². The topological polar surface area (TPSA) is 58.2 Å². The van der Waals surface area contributed by atoms with E-state index in [1.54, 1.807) is 18.2 Å². The third-order valence-corrected chi connectivity index (χ3v) is 5.16. The van der Waals surface area contributed by atoms with Gasteiger partial charge < -0.3 is 5.32 Å². The summed E-state index contributed by atoms with van der Waals surface area (Å²) < 4.78 is 27.8. The lowest BCUT2D eigenvalue weighted by Gasteiger charge is -2.22. The van der Waals surface area contributed by atoms with Gasteiger partial charge in [-0.05, 0) is 72.6 Å². The Morgan fingerprint density at radius 2 is 2.21 bits per heavy atom. The van der Waals surface area contributed by atoms with Crippen LogP contribution in [0.25, 0.3) is 0 Å². The van der Waals surface area contributed by atoms with E-state index in [9.17, 15) is 8.42 Å². The third kappa shape index (κ3) is 5.18. The van der Waals surface area contributed by atoms with Crippen molar-refractivity contribution in [3.8, 4) is 0 Å². The number of benzene rings is 1. The zero-order chi connectivity index (χ0) is 13.0. The van der Waals surface area contributed by atoms with Gasteiger partial charge in [0.15, 0.2) is 0 Å². The van der Waals surface area contributed by atoms with Gasteiger partial charge in [-0.3, -0.25) is 0 Å². The quantitative estimate of drug-likeness (QED) is 0.738. The molecule has 1 unspecified atom stereocenters. The zero-order valence-electron chi connectivity index (χ0n) is 10.4. The van der Waals surface area contributed by atoms with E-state index in [1.807, 2.05) is 6.07 Å². The number of rotatable bonds is 4.